The molecule has 0 N–H and O–H groups in total. The molecule has 0 atom stereocenters. The molecule has 3 rings (SSSR count). The van der Waals surface area contributed by atoms with E-state index in [1.165, 1.54) is 0 Å². The van der Waals surface area contributed by atoms with E-state index in [-0.39, 0.29) is 5.41 Å². The normalized spacial score (nSPS) is 41.9. The summed E-state index contributed by atoms with van der Waals surface area (Å²) in [6.07, 6.45) is 2.14. The predicted octanol–water partition coefficient (Wildman–Crippen LogP) is 2.59. The molecule has 3 aliphatic heterocycles. The van der Waals surface area contributed by atoms with Gasteiger partial charge in [0.15, 0.2) is 0 Å². The Kier molecular flexibility index (Phi) is 2.73. The molecule has 0 aromatic heterocycles. The Balaban J connectivity index is 1.95. The zero-order valence-corrected chi connectivity index (χ0v) is 9.59. The first-order chi connectivity index (χ1) is 6.54. The van der Waals surface area contributed by atoms with Gasteiger partial charge < -0.3 is 0 Å². The lowest BCUT2D eigenvalue weighted by molar-refractivity contribution is -0.0990. The summed E-state index contributed by atoms with van der Waals surface area (Å²) in [4.78, 5) is 0. The lowest BCUT2D eigenvalue weighted by Gasteiger charge is -2.44. The Morgan fingerprint density at radius 1 is 1.21 bits per heavy atom. The van der Waals surface area contributed by atoms with Crippen molar-refractivity contribution in [1.82, 2.24) is 0 Å². The maximum absolute atomic E-state index is 11.5. The van der Waals surface area contributed by atoms with Crippen LogP contribution < -0.4 is 0 Å². The molecule has 0 aliphatic carbocycles. The maximum atomic E-state index is 11.5. The van der Waals surface area contributed by atoms with Crippen LogP contribution in [0.15, 0.2) is 0 Å². The van der Waals surface area contributed by atoms with Crippen LogP contribution in [0.2, 0.25) is 0 Å². The zero-order chi connectivity index (χ0) is 10.2. The average Bonchev–Trinajstić information content (AvgIpc) is 2.17. The highest BCUT2D eigenvalue weighted by Gasteiger charge is 2.50. The van der Waals surface area contributed by atoms with Gasteiger partial charge in [-0.2, -0.15) is 0 Å². The molecule has 3 fully saturated rings. The van der Waals surface area contributed by atoms with E-state index in [0.29, 0.717) is 25.7 Å². The van der Waals surface area contributed by atoms with Crippen molar-refractivity contribution >= 4 is 7.82 Å². The largest absolute Gasteiger partial charge is 0.474 e. The third-order valence-electron chi connectivity index (χ3n) is 2.84. The molecule has 0 aromatic rings. The van der Waals surface area contributed by atoms with Crippen LogP contribution in [-0.4, -0.2) is 19.8 Å². The summed E-state index contributed by atoms with van der Waals surface area (Å²) in [5.41, 5.74) is -0.0452. The molecule has 82 valence electrons. The molecule has 0 spiro atoms. The van der Waals surface area contributed by atoms with Gasteiger partial charge in [0.1, 0.15) is 0 Å². The fourth-order valence-corrected chi connectivity index (χ4v) is 3.22. The molecule has 5 heteroatoms. The Labute approximate surface area is 84.5 Å². The molecule has 0 saturated carbocycles. The van der Waals surface area contributed by atoms with E-state index in [1.54, 1.807) is 0 Å². The van der Waals surface area contributed by atoms with Crippen molar-refractivity contribution in [2.75, 3.05) is 19.8 Å². The van der Waals surface area contributed by atoms with Crippen molar-refractivity contribution in [2.45, 2.75) is 26.7 Å². The predicted molar refractivity (Wildman–Crippen MR) is 52.0 cm³/mol. The zero-order valence-electron chi connectivity index (χ0n) is 8.69. The molecule has 0 aromatic carbocycles. The van der Waals surface area contributed by atoms with Gasteiger partial charge in [0, 0.05) is 5.41 Å². The maximum Gasteiger partial charge on any atom is 0.474 e. The molecule has 0 amide bonds. The number of hydrogen-bond acceptors (Lipinski definition) is 4. The van der Waals surface area contributed by atoms with Crippen LogP contribution in [0.4, 0.5) is 0 Å². The molecule has 3 saturated heterocycles. The first kappa shape index (κ1) is 10.6. The van der Waals surface area contributed by atoms with Gasteiger partial charge in [-0.05, 0) is 12.3 Å². The molecular weight excluding hydrogens is 203 g/mol. The lowest BCUT2D eigenvalue weighted by Crippen LogP contribution is -2.44. The number of phosphoric acid groups is 1. The van der Waals surface area contributed by atoms with Crippen molar-refractivity contribution in [2.24, 2.45) is 11.3 Å². The minimum atomic E-state index is -3.12. The SMILES string of the molecule is CC(C)CCC12COP(=O)(OC1)OC2. The molecule has 2 bridgehead atoms. The number of rotatable bonds is 3. The van der Waals surface area contributed by atoms with Crippen molar-refractivity contribution in [3.05, 3.63) is 0 Å². The topological polar surface area (TPSA) is 44.8 Å². The Morgan fingerprint density at radius 3 is 2.14 bits per heavy atom. The molecule has 0 radical (unpaired) electrons. The number of hydrogen-bond donors (Lipinski definition) is 0. The summed E-state index contributed by atoms with van der Waals surface area (Å²) < 4.78 is 26.8. The molecule has 4 nitrogen and oxygen atoms in total. The smallest absolute Gasteiger partial charge is 0.286 e. The third kappa shape index (κ3) is 2.03. The highest BCUT2D eigenvalue weighted by molar-refractivity contribution is 7.48. The molecule has 3 aliphatic rings. The Hall–Kier alpha value is 0.110. The highest BCUT2D eigenvalue weighted by Crippen LogP contribution is 2.60. The summed E-state index contributed by atoms with van der Waals surface area (Å²) in [5, 5.41) is 0. The van der Waals surface area contributed by atoms with Crippen LogP contribution in [0.25, 0.3) is 0 Å². The van der Waals surface area contributed by atoms with Gasteiger partial charge in [-0.3, -0.25) is 13.6 Å². The highest BCUT2D eigenvalue weighted by atomic mass is 31.2. The lowest BCUT2D eigenvalue weighted by atomic mass is 9.83. The van der Waals surface area contributed by atoms with Crippen molar-refractivity contribution in [1.29, 1.82) is 0 Å². The molecule has 3 heterocycles. The van der Waals surface area contributed by atoms with Gasteiger partial charge in [-0.15, -0.1) is 0 Å². The second-order valence-corrected chi connectivity index (χ2v) is 6.37. The average molecular weight is 220 g/mol. The summed E-state index contributed by atoms with van der Waals surface area (Å²) in [6, 6.07) is 0. The monoisotopic (exact) mass is 220 g/mol. The minimum Gasteiger partial charge on any atom is -0.286 e. The van der Waals surface area contributed by atoms with Gasteiger partial charge in [0.25, 0.3) is 0 Å². The van der Waals surface area contributed by atoms with Crippen LogP contribution in [0.3, 0.4) is 0 Å². The van der Waals surface area contributed by atoms with Crippen molar-refractivity contribution in [3.8, 4) is 0 Å². The second-order valence-electron chi connectivity index (χ2n) is 4.70. The Bertz CT molecular complexity index is 232. The standard InChI is InChI=1S/C9H17O4P/c1-8(2)3-4-9-5-11-14(10,12-6-9)13-7-9/h8H,3-7H2,1-2H3. The molecule has 14 heavy (non-hydrogen) atoms. The van der Waals surface area contributed by atoms with E-state index in [1.807, 2.05) is 0 Å². The fraction of sp³-hybridized carbons (Fsp3) is 1.00. The second kappa shape index (κ2) is 3.60. The Morgan fingerprint density at radius 2 is 1.71 bits per heavy atom. The van der Waals surface area contributed by atoms with E-state index in [0.717, 1.165) is 12.8 Å². The van der Waals surface area contributed by atoms with Gasteiger partial charge in [-0.1, -0.05) is 20.3 Å². The van der Waals surface area contributed by atoms with Crippen LogP contribution in [0.1, 0.15) is 26.7 Å². The van der Waals surface area contributed by atoms with E-state index in [2.05, 4.69) is 13.8 Å². The van der Waals surface area contributed by atoms with Gasteiger partial charge in [0.05, 0.1) is 19.8 Å². The van der Waals surface area contributed by atoms with Crippen molar-refractivity contribution < 1.29 is 18.1 Å². The number of phosphoric ester groups is 1. The van der Waals surface area contributed by atoms with Gasteiger partial charge in [-0.25, -0.2) is 4.57 Å². The van der Waals surface area contributed by atoms with Gasteiger partial charge >= 0.3 is 7.82 Å². The van der Waals surface area contributed by atoms with E-state index in [4.69, 9.17) is 13.6 Å². The van der Waals surface area contributed by atoms with Gasteiger partial charge in [0.2, 0.25) is 0 Å². The van der Waals surface area contributed by atoms with Crippen molar-refractivity contribution in [3.63, 3.8) is 0 Å². The van der Waals surface area contributed by atoms with Crippen LogP contribution in [-0.2, 0) is 18.1 Å². The first-order valence-electron chi connectivity index (χ1n) is 5.07. The van der Waals surface area contributed by atoms with E-state index >= 15 is 0 Å². The van der Waals surface area contributed by atoms with E-state index in [9.17, 15) is 4.57 Å². The number of fused-ring (bicyclic) bond motifs is 3. The molecule has 0 unspecified atom stereocenters. The van der Waals surface area contributed by atoms with Crippen LogP contribution in [0.5, 0.6) is 0 Å². The van der Waals surface area contributed by atoms with Crippen LogP contribution >= 0.6 is 7.82 Å². The quantitative estimate of drug-likeness (QED) is 0.686. The summed E-state index contributed by atoms with van der Waals surface area (Å²) in [7, 11) is -3.12. The third-order valence-corrected chi connectivity index (χ3v) is 4.17. The summed E-state index contributed by atoms with van der Waals surface area (Å²) >= 11 is 0. The van der Waals surface area contributed by atoms with Crippen LogP contribution in [0, 0.1) is 11.3 Å². The molecular formula is C9H17O4P. The summed E-state index contributed by atoms with van der Waals surface area (Å²) in [5.74, 6) is 0.667. The fourth-order valence-electron chi connectivity index (χ4n) is 1.70. The van der Waals surface area contributed by atoms with E-state index < -0.39 is 7.82 Å². The summed E-state index contributed by atoms with van der Waals surface area (Å²) in [6.45, 7) is 5.95. The minimum absolute atomic E-state index is 0.0452. The first-order valence-corrected chi connectivity index (χ1v) is 6.53.